The summed E-state index contributed by atoms with van der Waals surface area (Å²) in [4.78, 5) is 0. The molecule has 8 atom stereocenters. The molecule has 0 aromatic rings. The van der Waals surface area contributed by atoms with Crippen molar-refractivity contribution in [2.24, 2.45) is 46.8 Å². The number of hydrogen-bond acceptors (Lipinski definition) is 1. The van der Waals surface area contributed by atoms with E-state index in [0.717, 1.165) is 46.8 Å². The fraction of sp³-hybridized carbons (Fsp3) is 0.964. The topological polar surface area (TPSA) is 23.8 Å². The first-order valence-electron chi connectivity index (χ1n) is 13.3. The summed E-state index contributed by atoms with van der Waals surface area (Å²) in [5.41, 5.74) is 0.718. The monoisotopic (exact) mass is 401 g/mol. The fourth-order valence-corrected chi connectivity index (χ4v) is 7.60. The van der Waals surface area contributed by atoms with Crippen LogP contribution >= 0.6 is 0 Å². The van der Waals surface area contributed by atoms with Gasteiger partial charge in [-0.1, -0.05) is 66.7 Å². The van der Waals surface area contributed by atoms with E-state index in [1.165, 1.54) is 45.4 Å². The molecule has 1 nitrogen and oxygen atoms in total. The second-order valence-corrected chi connectivity index (χ2v) is 11.0. The lowest BCUT2D eigenvalue weighted by Gasteiger charge is -2.56. The van der Waals surface area contributed by atoms with Gasteiger partial charge in [0.1, 0.15) is 0 Å². The van der Waals surface area contributed by atoms with Crippen molar-refractivity contribution in [2.45, 2.75) is 125 Å². The average molecular weight is 402 g/mol. The van der Waals surface area contributed by atoms with Crippen molar-refractivity contribution >= 4 is 0 Å². The molecule has 0 aromatic carbocycles. The van der Waals surface area contributed by atoms with Gasteiger partial charge in [0.25, 0.3) is 0 Å². The van der Waals surface area contributed by atoms with Crippen LogP contribution in [0.3, 0.4) is 0 Å². The lowest BCUT2D eigenvalue weighted by molar-refractivity contribution is -0.0650. The molecular formula is C28H51N. The fourth-order valence-electron chi connectivity index (χ4n) is 7.60. The van der Waals surface area contributed by atoms with Gasteiger partial charge in [-0.3, -0.25) is 0 Å². The van der Waals surface area contributed by atoms with Gasteiger partial charge < -0.3 is 0 Å². The first-order valence-corrected chi connectivity index (χ1v) is 13.3. The Bertz CT molecular complexity index is 497. The predicted molar refractivity (Wildman–Crippen MR) is 127 cm³/mol. The molecular weight excluding hydrogens is 350 g/mol. The van der Waals surface area contributed by atoms with Crippen LogP contribution < -0.4 is 0 Å². The van der Waals surface area contributed by atoms with Crippen LogP contribution in [0, 0.1) is 58.2 Å². The molecule has 0 N–H and O–H groups in total. The van der Waals surface area contributed by atoms with Crippen LogP contribution in [0.4, 0.5) is 0 Å². The summed E-state index contributed by atoms with van der Waals surface area (Å²) in [6.45, 7) is 13.1. The SMILES string of the molecule is C1CCC1.CC.CC#N.CC1CCC2C(CCC3C2CCC2(C)C(C)CCC32)C1. The predicted octanol–water partition coefficient (Wildman–Crippen LogP) is 9.03. The van der Waals surface area contributed by atoms with Gasteiger partial charge in [-0.15, -0.1) is 0 Å². The quantitative estimate of drug-likeness (QED) is 0.397. The highest BCUT2D eigenvalue weighted by Crippen LogP contribution is 2.64. The molecule has 168 valence electrons. The van der Waals surface area contributed by atoms with E-state index in [1.807, 2.05) is 13.8 Å². The Morgan fingerprint density at radius 2 is 1.34 bits per heavy atom. The van der Waals surface area contributed by atoms with Gasteiger partial charge in [-0.05, 0) is 98.2 Å². The average Bonchev–Trinajstić information content (AvgIpc) is 2.97. The molecule has 5 aliphatic rings. The third-order valence-electron chi connectivity index (χ3n) is 9.69. The molecule has 8 unspecified atom stereocenters. The molecule has 5 fully saturated rings. The van der Waals surface area contributed by atoms with Gasteiger partial charge in [-0.2, -0.15) is 5.26 Å². The summed E-state index contributed by atoms with van der Waals surface area (Å²) < 4.78 is 0. The standard InChI is InChI=1S/C20H34.C4H8.C2H3N.C2H6/c1-13-4-7-16-15(12-13)6-8-18-17(16)10-11-20(3)14(2)5-9-19(18)20;1-2-4-3-1;1-2-3;1-2/h13-19H,4-12H2,1-3H3;1-4H2;1H3;1-2H3. The lowest BCUT2D eigenvalue weighted by Crippen LogP contribution is -2.48. The number of nitriles is 1. The molecule has 0 aromatic heterocycles. The van der Waals surface area contributed by atoms with Crippen molar-refractivity contribution in [3.63, 3.8) is 0 Å². The zero-order valence-electron chi connectivity index (χ0n) is 20.7. The van der Waals surface area contributed by atoms with E-state index in [-0.39, 0.29) is 0 Å². The Hall–Kier alpha value is -0.510. The summed E-state index contributed by atoms with van der Waals surface area (Å²) in [6, 6.07) is 1.75. The minimum atomic E-state index is 0.718. The van der Waals surface area contributed by atoms with Gasteiger partial charge in [0.05, 0.1) is 6.07 Å². The van der Waals surface area contributed by atoms with Crippen LogP contribution in [-0.4, -0.2) is 0 Å². The van der Waals surface area contributed by atoms with Crippen molar-refractivity contribution in [3.05, 3.63) is 0 Å². The van der Waals surface area contributed by atoms with Gasteiger partial charge >= 0.3 is 0 Å². The highest BCUT2D eigenvalue weighted by Gasteiger charge is 2.55. The van der Waals surface area contributed by atoms with Crippen LogP contribution in [0.25, 0.3) is 0 Å². The molecule has 0 radical (unpaired) electrons. The Morgan fingerprint density at radius 1 is 0.759 bits per heavy atom. The van der Waals surface area contributed by atoms with E-state index >= 15 is 0 Å². The summed E-state index contributed by atoms with van der Waals surface area (Å²) in [5, 5.41) is 7.32. The number of hydrogen-bond donors (Lipinski definition) is 0. The maximum Gasteiger partial charge on any atom is 0.0587 e. The molecule has 5 aliphatic carbocycles. The molecule has 5 rings (SSSR count). The summed E-state index contributed by atoms with van der Waals surface area (Å²) >= 11 is 0. The van der Waals surface area contributed by atoms with Crippen molar-refractivity contribution in [1.82, 2.24) is 0 Å². The second kappa shape index (κ2) is 11.8. The molecule has 5 saturated carbocycles. The van der Waals surface area contributed by atoms with Crippen molar-refractivity contribution in [1.29, 1.82) is 5.26 Å². The highest BCUT2D eigenvalue weighted by atomic mass is 14.6. The van der Waals surface area contributed by atoms with E-state index in [2.05, 4.69) is 20.8 Å². The lowest BCUT2D eigenvalue weighted by atomic mass is 9.49. The van der Waals surface area contributed by atoms with Crippen LogP contribution in [0.15, 0.2) is 0 Å². The molecule has 29 heavy (non-hydrogen) atoms. The van der Waals surface area contributed by atoms with Crippen LogP contribution in [0.2, 0.25) is 0 Å². The summed E-state index contributed by atoms with van der Waals surface area (Å²) in [6.07, 6.45) is 20.1. The van der Waals surface area contributed by atoms with Gasteiger partial charge in [0.2, 0.25) is 0 Å². The Morgan fingerprint density at radius 3 is 1.93 bits per heavy atom. The molecule has 0 amide bonds. The number of rotatable bonds is 0. The largest absolute Gasteiger partial charge is 0.199 e. The normalized spacial score (nSPS) is 44.2. The summed E-state index contributed by atoms with van der Waals surface area (Å²) in [7, 11) is 0. The van der Waals surface area contributed by atoms with Crippen LogP contribution in [0.5, 0.6) is 0 Å². The smallest absolute Gasteiger partial charge is 0.0587 e. The van der Waals surface area contributed by atoms with Crippen molar-refractivity contribution < 1.29 is 0 Å². The Kier molecular flexibility index (Phi) is 10.0. The first-order chi connectivity index (χ1) is 14.0. The van der Waals surface area contributed by atoms with Crippen LogP contribution in [0.1, 0.15) is 125 Å². The Balaban J connectivity index is 0.000000283. The molecule has 0 bridgehead atoms. The molecule has 0 aliphatic heterocycles. The number of fused-ring (bicyclic) bond motifs is 5. The summed E-state index contributed by atoms with van der Waals surface area (Å²) in [5.74, 6) is 7.61. The maximum absolute atomic E-state index is 7.32. The van der Waals surface area contributed by atoms with E-state index in [1.54, 1.807) is 51.0 Å². The third kappa shape index (κ3) is 5.60. The zero-order valence-corrected chi connectivity index (χ0v) is 20.7. The van der Waals surface area contributed by atoms with Gasteiger partial charge in [0, 0.05) is 6.92 Å². The minimum Gasteiger partial charge on any atom is -0.199 e. The molecule has 0 spiro atoms. The highest BCUT2D eigenvalue weighted by molar-refractivity contribution is 5.05. The van der Waals surface area contributed by atoms with Crippen LogP contribution in [-0.2, 0) is 0 Å². The molecule has 1 heteroatoms. The van der Waals surface area contributed by atoms with Gasteiger partial charge in [0.15, 0.2) is 0 Å². The molecule has 0 saturated heterocycles. The zero-order chi connectivity index (χ0) is 21.4. The van der Waals surface area contributed by atoms with Crippen molar-refractivity contribution in [3.8, 4) is 6.07 Å². The second-order valence-electron chi connectivity index (χ2n) is 11.0. The first kappa shape index (κ1) is 24.8. The molecule has 0 heterocycles. The minimum absolute atomic E-state index is 0.718. The van der Waals surface area contributed by atoms with E-state index in [9.17, 15) is 0 Å². The van der Waals surface area contributed by atoms with E-state index < -0.39 is 0 Å². The van der Waals surface area contributed by atoms with E-state index in [0.29, 0.717) is 0 Å². The maximum atomic E-state index is 7.32. The van der Waals surface area contributed by atoms with Crippen molar-refractivity contribution in [2.75, 3.05) is 0 Å². The third-order valence-corrected chi connectivity index (χ3v) is 9.69. The Labute approximate surface area is 183 Å². The number of nitrogens with zero attached hydrogens (tertiary/aromatic N) is 1. The van der Waals surface area contributed by atoms with E-state index in [4.69, 9.17) is 5.26 Å². The van der Waals surface area contributed by atoms with Gasteiger partial charge in [-0.25, -0.2) is 0 Å².